The Morgan fingerprint density at radius 1 is 0.676 bits per heavy atom. The first kappa shape index (κ1) is 20.3. The van der Waals surface area contributed by atoms with E-state index in [1.54, 1.807) is 13.3 Å². The highest BCUT2D eigenvalue weighted by Crippen LogP contribution is 2.34. The summed E-state index contributed by atoms with van der Waals surface area (Å²) < 4.78 is 5.61. The predicted octanol–water partition coefficient (Wildman–Crippen LogP) is 5.21. The molecular weight excluding hydrogens is 422 g/mol. The van der Waals surface area contributed by atoms with Gasteiger partial charge in [0.1, 0.15) is 0 Å². The number of ether oxygens (including phenoxy) is 1. The van der Waals surface area contributed by atoms with Gasteiger partial charge in [-0.3, -0.25) is 4.98 Å². The molecular formula is C28H21N5O. The van der Waals surface area contributed by atoms with Gasteiger partial charge in [-0.25, -0.2) is 20.0 Å². The molecule has 0 aliphatic carbocycles. The van der Waals surface area contributed by atoms with E-state index in [-0.39, 0.29) is 6.10 Å². The second-order valence-electron chi connectivity index (χ2n) is 8.26. The molecule has 1 unspecified atom stereocenters. The fourth-order valence-corrected chi connectivity index (χ4v) is 4.18. The Morgan fingerprint density at radius 3 is 1.88 bits per heavy atom. The van der Waals surface area contributed by atoms with Gasteiger partial charge >= 0.3 is 0 Å². The van der Waals surface area contributed by atoms with Crippen molar-refractivity contribution in [1.82, 2.24) is 4.98 Å². The standard InChI is InChI=1S/C28H21N5O/c1-17(34-2)25-4-3-11-29-28(25)26-15-24-14-22-8-7-20(31-22)12-18-5-6-19(30-18)13-21-9-10-23(32-21)16-27(26)33-24/h3-17H,1-2H3. The number of methoxy groups -OCH3 is 1. The van der Waals surface area contributed by atoms with Crippen molar-refractivity contribution in [2.75, 3.05) is 7.11 Å². The van der Waals surface area contributed by atoms with Crippen molar-refractivity contribution in [2.45, 2.75) is 13.0 Å². The molecule has 0 saturated heterocycles. The van der Waals surface area contributed by atoms with Crippen molar-refractivity contribution >= 4 is 28.4 Å². The number of pyridine rings is 1. The Morgan fingerprint density at radius 2 is 1.26 bits per heavy atom. The van der Waals surface area contributed by atoms with Gasteiger partial charge in [0.25, 0.3) is 0 Å². The molecule has 8 bridgehead atoms. The smallest absolute Gasteiger partial charge is 0.0814 e. The van der Waals surface area contributed by atoms with Crippen molar-refractivity contribution in [1.29, 1.82) is 0 Å². The van der Waals surface area contributed by atoms with Crippen molar-refractivity contribution in [2.24, 2.45) is 20.0 Å². The van der Waals surface area contributed by atoms with E-state index in [1.165, 1.54) is 0 Å². The third-order valence-corrected chi connectivity index (χ3v) is 5.92. The average molecular weight is 444 g/mol. The van der Waals surface area contributed by atoms with E-state index in [1.807, 2.05) is 79.8 Å². The summed E-state index contributed by atoms with van der Waals surface area (Å²) in [6.45, 7) is 2.02. The van der Waals surface area contributed by atoms with Crippen molar-refractivity contribution in [3.05, 3.63) is 119 Å². The molecule has 1 aromatic heterocycles. The first-order chi connectivity index (χ1) is 16.6. The zero-order valence-corrected chi connectivity index (χ0v) is 18.8. The molecule has 34 heavy (non-hydrogen) atoms. The van der Waals surface area contributed by atoms with Crippen LogP contribution in [-0.2, 0) is 4.74 Å². The first-order valence-corrected chi connectivity index (χ1v) is 11.1. The summed E-state index contributed by atoms with van der Waals surface area (Å²) in [5.74, 6) is 0. The molecule has 1 atom stereocenters. The lowest BCUT2D eigenvalue weighted by Crippen LogP contribution is -2.03. The molecule has 0 radical (unpaired) electrons. The van der Waals surface area contributed by atoms with Crippen LogP contribution in [0.15, 0.2) is 128 Å². The fourth-order valence-electron chi connectivity index (χ4n) is 4.18. The summed E-state index contributed by atoms with van der Waals surface area (Å²) in [6.07, 6.45) is 23.6. The van der Waals surface area contributed by atoms with Gasteiger partial charge in [-0.1, -0.05) is 6.07 Å². The van der Waals surface area contributed by atoms with Crippen LogP contribution in [0.1, 0.15) is 24.3 Å². The zero-order chi connectivity index (χ0) is 23.1. The number of nitrogens with zero attached hydrogens (tertiary/aromatic N) is 5. The molecule has 6 heteroatoms. The van der Waals surface area contributed by atoms with Gasteiger partial charge in [0, 0.05) is 24.4 Å². The fraction of sp³-hybridized carbons (Fsp3) is 0.107. The molecule has 6 rings (SSSR count). The van der Waals surface area contributed by atoms with Crippen LogP contribution in [-0.4, -0.2) is 34.9 Å². The van der Waals surface area contributed by atoms with Crippen LogP contribution in [0.4, 0.5) is 0 Å². The summed E-state index contributed by atoms with van der Waals surface area (Å²) in [7, 11) is 1.70. The molecule has 5 aliphatic heterocycles. The van der Waals surface area contributed by atoms with Gasteiger partial charge in [0.15, 0.2) is 0 Å². The lowest BCUT2D eigenvalue weighted by Gasteiger charge is -2.15. The van der Waals surface area contributed by atoms with Crippen molar-refractivity contribution in [3.8, 4) is 0 Å². The molecule has 0 fully saturated rings. The minimum atomic E-state index is -0.102. The first-order valence-electron chi connectivity index (χ1n) is 11.1. The van der Waals surface area contributed by atoms with Crippen LogP contribution < -0.4 is 0 Å². The number of rotatable bonds is 3. The van der Waals surface area contributed by atoms with Gasteiger partial charge in [0.2, 0.25) is 0 Å². The minimum Gasteiger partial charge on any atom is -0.377 e. The molecule has 0 saturated carbocycles. The molecule has 0 aromatic carbocycles. The van der Waals surface area contributed by atoms with E-state index in [9.17, 15) is 0 Å². The highest BCUT2D eigenvalue weighted by molar-refractivity contribution is 6.19. The van der Waals surface area contributed by atoms with E-state index in [0.29, 0.717) is 0 Å². The zero-order valence-electron chi connectivity index (χ0n) is 18.8. The van der Waals surface area contributed by atoms with Crippen LogP contribution in [0.25, 0.3) is 5.57 Å². The maximum atomic E-state index is 5.61. The van der Waals surface area contributed by atoms with Crippen LogP contribution in [0.2, 0.25) is 0 Å². The minimum absolute atomic E-state index is 0.102. The normalized spacial score (nSPS) is 20.7. The molecule has 0 spiro atoms. The van der Waals surface area contributed by atoms with E-state index in [0.717, 1.165) is 62.5 Å². The number of aromatic nitrogens is 1. The van der Waals surface area contributed by atoms with Gasteiger partial charge in [-0.2, -0.15) is 0 Å². The van der Waals surface area contributed by atoms with Crippen molar-refractivity contribution in [3.63, 3.8) is 0 Å². The molecule has 6 heterocycles. The Balaban J connectivity index is 1.51. The summed E-state index contributed by atoms with van der Waals surface area (Å²) in [6, 6.07) is 3.97. The SMILES string of the molecule is COC(C)c1cccnc1C1=CC2=NC1=CC1=NC(=CC3=NC(=CC4=NC(=C2)C=C4)C=C3)C=C1. The predicted molar refractivity (Wildman–Crippen MR) is 137 cm³/mol. The van der Waals surface area contributed by atoms with E-state index >= 15 is 0 Å². The molecule has 0 N–H and O–H groups in total. The topological polar surface area (TPSA) is 71.6 Å². The molecule has 5 aliphatic rings. The van der Waals surface area contributed by atoms with Crippen LogP contribution in [0.3, 0.4) is 0 Å². The van der Waals surface area contributed by atoms with Crippen LogP contribution >= 0.6 is 0 Å². The Labute approximate surface area is 197 Å². The summed E-state index contributed by atoms with van der Waals surface area (Å²) in [5, 5.41) is 0. The van der Waals surface area contributed by atoms with Gasteiger partial charge in [-0.05, 0) is 79.8 Å². The molecule has 1 aromatic rings. The van der Waals surface area contributed by atoms with E-state index in [4.69, 9.17) is 24.7 Å². The highest BCUT2D eigenvalue weighted by atomic mass is 16.5. The summed E-state index contributed by atoms with van der Waals surface area (Å²) >= 11 is 0. The maximum Gasteiger partial charge on any atom is 0.0814 e. The Hall–Kier alpha value is -4.29. The lowest BCUT2D eigenvalue weighted by atomic mass is 9.99. The average Bonchev–Trinajstić information content (AvgIpc) is 3.64. The van der Waals surface area contributed by atoms with Gasteiger partial charge in [-0.15, -0.1) is 0 Å². The monoisotopic (exact) mass is 443 g/mol. The number of fused-ring (bicyclic) bond motifs is 4. The van der Waals surface area contributed by atoms with E-state index in [2.05, 4.69) is 11.1 Å². The Bertz CT molecular complexity index is 1480. The second kappa shape index (κ2) is 8.24. The Kier molecular flexibility index (Phi) is 4.93. The number of hydrogen-bond acceptors (Lipinski definition) is 6. The number of hydrogen-bond donors (Lipinski definition) is 0. The third kappa shape index (κ3) is 3.84. The molecule has 0 amide bonds. The van der Waals surface area contributed by atoms with Crippen LogP contribution in [0.5, 0.6) is 0 Å². The van der Waals surface area contributed by atoms with Crippen molar-refractivity contribution < 1.29 is 4.74 Å². The quantitative estimate of drug-likeness (QED) is 0.643. The van der Waals surface area contributed by atoms with Gasteiger partial charge in [0.05, 0.1) is 57.4 Å². The largest absolute Gasteiger partial charge is 0.377 e. The summed E-state index contributed by atoms with van der Waals surface area (Å²) in [5.41, 5.74) is 9.52. The summed E-state index contributed by atoms with van der Waals surface area (Å²) in [4.78, 5) is 23.8. The maximum absolute atomic E-state index is 5.61. The lowest BCUT2D eigenvalue weighted by molar-refractivity contribution is 0.119. The van der Waals surface area contributed by atoms with Gasteiger partial charge < -0.3 is 4.74 Å². The highest BCUT2D eigenvalue weighted by Gasteiger charge is 2.23. The number of allylic oxidation sites excluding steroid dienone is 12. The second-order valence-corrected chi connectivity index (χ2v) is 8.26. The molecule has 164 valence electrons. The number of aliphatic imine (C=N–C) groups is 4. The third-order valence-electron chi connectivity index (χ3n) is 5.92. The van der Waals surface area contributed by atoms with E-state index < -0.39 is 0 Å². The molecule has 6 nitrogen and oxygen atoms in total. The van der Waals surface area contributed by atoms with Crippen LogP contribution in [0, 0.1) is 0 Å².